The van der Waals surface area contributed by atoms with Gasteiger partial charge < -0.3 is 4.90 Å². The predicted molar refractivity (Wildman–Crippen MR) is 89.0 cm³/mol. The lowest BCUT2D eigenvalue weighted by atomic mass is 10.1. The van der Waals surface area contributed by atoms with Crippen molar-refractivity contribution in [2.24, 2.45) is 0 Å². The summed E-state index contributed by atoms with van der Waals surface area (Å²) < 4.78 is 1.91. The van der Waals surface area contributed by atoms with Crippen LogP contribution in [-0.2, 0) is 0 Å². The lowest BCUT2D eigenvalue weighted by Gasteiger charge is -2.31. The minimum absolute atomic E-state index is 0.0302. The van der Waals surface area contributed by atoms with Crippen LogP contribution in [0.15, 0.2) is 12.3 Å². The van der Waals surface area contributed by atoms with Gasteiger partial charge in [-0.25, -0.2) is 9.48 Å². The Morgan fingerprint density at radius 1 is 1.57 bits per heavy atom. The number of nitrogens with zero attached hydrogens (tertiary/aromatic N) is 3. The van der Waals surface area contributed by atoms with E-state index in [9.17, 15) is 4.79 Å². The van der Waals surface area contributed by atoms with Crippen molar-refractivity contribution in [1.29, 1.82) is 0 Å². The molecule has 6 heteroatoms. The van der Waals surface area contributed by atoms with Gasteiger partial charge in [0.05, 0.1) is 12.2 Å². The van der Waals surface area contributed by atoms with Gasteiger partial charge in [-0.3, -0.25) is 5.32 Å². The molecule has 0 aliphatic carbocycles. The quantitative estimate of drug-likeness (QED) is 0.904. The molecule has 2 rings (SSSR count). The molecule has 0 radical (unpaired) electrons. The average molecular weight is 310 g/mol. The first-order chi connectivity index (χ1) is 10.1. The van der Waals surface area contributed by atoms with Gasteiger partial charge in [-0.1, -0.05) is 13.3 Å². The lowest BCUT2D eigenvalue weighted by molar-refractivity contribution is 0.200. The minimum Gasteiger partial charge on any atom is -0.325 e. The van der Waals surface area contributed by atoms with Crippen LogP contribution < -0.4 is 5.32 Å². The van der Waals surface area contributed by atoms with Gasteiger partial charge in [-0.05, 0) is 37.7 Å². The van der Waals surface area contributed by atoms with Crippen LogP contribution in [0.5, 0.6) is 0 Å². The summed E-state index contributed by atoms with van der Waals surface area (Å²) in [4.78, 5) is 14.3. The summed E-state index contributed by atoms with van der Waals surface area (Å²) in [5.74, 6) is 3.08. The van der Waals surface area contributed by atoms with Crippen molar-refractivity contribution in [2.75, 3.05) is 23.9 Å². The summed E-state index contributed by atoms with van der Waals surface area (Å²) >= 11 is 1.97. The molecule has 1 aliphatic rings. The zero-order chi connectivity index (χ0) is 15.2. The second-order valence-electron chi connectivity index (χ2n) is 5.68. The smallest absolute Gasteiger partial charge is 0.322 e. The molecule has 118 valence electrons. The van der Waals surface area contributed by atoms with Crippen LogP contribution in [0.1, 0.15) is 45.6 Å². The molecule has 1 aliphatic heterocycles. The molecule has 0 saturated carbocycles. The third-order valence-corrected chi connectivity index (χ3v) is 5.14. The first-order valence-corrected chi connectivity index (χ1v) is 8.94. The number of urea groups is 1. The molecule has 1 aromatic rings. The van der Waals surface area contributed by atoms with Gasteiger partial charge in [0.2, 0.25) is 0 Å². The minimum atomic E-state index is -0.0302. The summed E-state index contributed by atoms with van der Waals surface area (Å²) in [6.45, 7) is 4.29. The fourth-order valence-electron chi connectivity index (χ4n) is 2.74. The van der Waals surface area contributed by atoms with Crippen molar-refractivity contribution in [3.05, 3.63) is 12.3 Å². The fraction of sp³-hybridized carbons (Fsp3) is 0.733. The molecule has 1 atom stereocenters. The Morgan fingerprint density at radius 3 is 2.95 bits per heavy atom. The number of aromatic nitrogens is 2. The predicted octanol–water partition coefficient (Wildman–Crippen LogP) is 3.60. The largest absolute Gasteiger partial charge is 0.325 e. The average Bonchev–Trinajstić information content (AvgIpc) is 2.95. The Morgan fingerprint density at radius 2 is 2.29 bits per heavy atom. The van der Waals surface area contributed by atoms with Gasteiger partial charge in [0.15, 0.2) is 0 Å². The topological polar surface area (TPSA) is 50.2 Å². The van der Waals surface area contributed by atoms with Gasteiger partial charge in [-0.2, -0.15) is 16.9 Å². The van der Waals surface area contributed by atoms with Crippen LogP contribution >= 0.6 is 11.8 Å². The van der Waals surface area contributed by atoms with Crippen molar-refractivity contribution >= 4 is 23.6 Å². The van der Waals surface area contributed by atoms with E-state index in [-0.39, 0.29) is 6.03 Å². The van der Waals surface area contributed by atoms with Crippen LogP contribution in [0.2, 0.25) is 0 Å². The zero-order valence-corrected chi connectivity index (χ0v) is 14.0. The van der Waals surface area contributed by atoms with E-state index in [4.69, 9.17) is 0 Å². The van der Waals surface area contributed by atoms with Gasteiger partial charge in [0.25, 0.3) is 0 Å². The number of nitrogens with one attached hydrogen (secondary N) is 1. The van der Waals surface area contributed by atoms with E-state index in [2.05, 4.69) is 24.3 Å². The van der Waals surface area contributed by atoms with Crippen LogP contribution in [0.4, 0.5) is 10.6 Å². The van der Waals surface area contributed by atoms with E-state index in [1.807, 2.05) is 34.5 Å². The van der Waals surface area contributed by atoms with Crippen molar-refractivity contribution in [3.63, 3.8) is 0 Å². The number of hydrogen-bond donors (Lipinski definition) is 1. The molecule has 1 N–H and O–H groups in total. The van der Waals surface area contributed by atoms with Crippen LogP contribution in [-0.4, -0.2) is 45.3 Å². The van der Waals surface area contributed by atoms with Crippen molar-refractivity contribution in [1.82, 2.24) is 14.7 Å². The summed E-state index contributed by atoms with van der Waals surface area (Å²) in [5.41, 5.74) is 0. The Kier molecular flexibility index (Phi) is 5.96. The zero-order valence-electron chi connectivity index (χ0n) is 13.2. The standard InChI is InChI=1S/C15H26N4OS/c1-4-5-12(2)19-14(6-9-16-19)17-15(20)18(3)13-7-10-21-11-8-13/h6,9,12-13H,4-5,7-8,10-11H2,1-3H3,(H,17,20). The second kappa shape index (κ2) is 7.73. The monoisotopic (exact) mass is 310 g/mol. The first-order valence-electron chi connectivity index (χ1n) is 7.78. The lowest BCUT2D eigenvalue weighted by Crippen LogP contribution is -2.42. The molecule has 5 nitrogen and oxygen atoms in total. The highest BCUT2D eigenvalue weighted by atomic mass is 32.2. The number of carbonyl (C=O) groups excluding carboxylic acids is 1. The summed E-state index contributed by atoms with van der Waals surface area (Å²) in [6.07, 6.45) is 6.08. The van der Waals surface area contributed by atoms with Crippen LogP contribution in [0.25, 0.3) is 0 Å². The normalized spacial score (nSPS) is 17.5. The van der Waals surface area contributed by atoms with Crippen molar-refractivity contribution in [3.8, 4) is 0 Å². The Bertz CT molecular complexity index is 456. The molecule has 21 heavy (non-hydrogen) atoms. The third kappa shape index (κ3) is 4.15. The molecule has 0 bridgehead atoms. The molecule has 1 aromatic heterocycles. The number of hydrogen-bond acceptors (Lipinski definition) is 3. The molecule has 2 heterocycles. The molecule has 2 amide bonds. The summed E-state index contributed by atoms with van der Waals surface area (Å²) in [6, 6.07) is 2.50. The van der Waals surface area contributed by atoms with Crippen molar-refractivity contribution in [2.45, 2.75) is 51.6 Å². The van der Waals surface area contributed by atoms with E-state index in [0.29, 0.717) is 12.1 Å². The highest BCUT2D eigenvalue weighted by Crippen LogP contribution is 2.22. The maximum atomic E-state index is 12.4. The highest BCUT2D eigenvalue weighted by molar-refractivity contribution is 7.99. The molecule has 1 unspecified atom stereocenters. The number of anilines is 1. The highest BCUT2D eigenvalue weighted by Gasteiger charge is 2.23. The van der Waals surface area contributed by atoms with Gasteiger partial charge in [-0.15, -0.1) is 0 Å². The van der Waals surface area contributed by atoms with E-state index in [1.165, 1.54) is 0 Å². The number of thioether (sulfide) groups is 1. The number of carbonyl (C=O) groups is 1. The van der Waals surface area contributed by atoms with Gasteiger partial charge >= 0.3 is 6.03 Å². The maximum absolute atomic E-state index is 12.4. The van der Waals surface area contributed by atoms with Crippen LogP contribution in [0.3, 0.4) is 0 Å². The SMILES string of the molecule is CCCC(C)n1nccc1NC(=O)N(C)C1CCSCC1. The Labute approximate surface area is 131 Å². The van der Waals surface area contributed by atoms with Gasteiger partial charge in [0.1, 0.15) is 5.82 Å². The Balaban J connectivity index is 1.97. The van der Waals surface area contributed by atoms with E-state index < -0.39 is 0 Å². The molecule has 0 spiro atoms. The molecule has 0 aromatic carbocycles. The molecule has 1 saturated heterocycles. The van der Waals surface area contributed by atoms with Crippen LogP contribution in [0, 0.1) is 0 Å². The molecular weight excluding hydrogens is 284 g/mol. The first kappa shape index (κ1) is 16.2. The summed E-state index contributed by atoms with van der Waals surface area (Å²) in [7, 11) is 1.90. The third-order valence-electron chi connectivity index (χ3n) is 4.09. The number of rotatable bonds is 5. The van der Waals surface area contributed by atoms with Gasteiger partial charge in [0, 0.05) is 19.2 Å². The Hall–Kier alpha value is -1.17. The van der Waals surface area contributed by atoms with E-state index in [0.717, 1.165) is 43.0 Å². The maximum Gasteiger partial charge on any atom is 0.322 e. The number of amides is 2. The summed E-state index contributed by atoms with van der Waals surface area (Å²) in [5, 5.41) is 7.35. The second-order valence-corrected chi connectivity index (χ2v) is 6.91. The van der Waals surface area contributed by atoms with E-state index in [1.54, 1.807) is 6.20 Å². The van der Waals surface area contributed by atoms with E-state index >= 15 is 0 Å². The molecule has 1 fully saturated rings. The molecular formula is C15H26N4OS. The fourth-order valence-corrected chi connectivity index (χ4v) is 3.82. The van der Waals surface area contributed by atoms with Crippen molar-refractivity contribution < 1.29 is 4.79 Å².